The minimum absolute atomic E-state index is 0.250. The molecule has 0 heterocycles. The first-order chi connectivity index (χ1) is 7.33. The van der Waals surface area contributed by atoms with Crippen molar-refractivity contribution in [1.29, 1.82) is 0 Å². The van der Waals surface area contributed by atoms with E-state index in [1.165, 1.54) is 0 Å². The summed E-state index contributed by atoms with van der Waals surface area (Å²) in [5.41, 5.74) is 0. The summed E-state index contributed by atoms with van der Waals surface area (Å²) in [6, 6.07) is 0. The third-order valence-electron chi connectivity index (χ3n) is 1.08. The van der Waals surface area contributed by atoms with E-state index >= 15 is 0 Å². The van der Waals surface area contributed by atoms with Crippen LogP contribution in [0.5, 0.6) is 0 Å². The molecule has 8 nitrogen and oxygen atoms in total. The topological polar surface area (TPSA) is 135 Å². The Bertz CT molecular complexity index is 203. The Morgan fingerprint density at radius 3 is 1.19 bits per heavy atom. The number of carbonyl (C=O) groups is 3. The molecule has 0 unspecified atom stereocenters. The molecule has 8 heteroatoms. The van der Waals surface area contributed by atoms with Crippen LogP contribution in [0.4, 0.5) is 0 Å². The van der Waals surface area contributed by atoms with E-state index in [1.54, 1.807) is 6.92 Å². The number of carboxylic acid groups (broad SMARTS) is 3. The lowest BCUT2D eigenvalue weighted by molar-refractivity contribution is -0.144. The molecule has 0 aromatic heterocycles. The molecular formula is C8H15NO7. The first kappa shape index (κ1) is 16.7. The van der Waals surface area contributed by atoms with Crippen molar-refractivity contribution in [2.75, 3.05) is 26.2 Å². The number of hydrogen-bond donors (Lipinski definition) is 4. The summed E-state index contributed by atoms with van der Waals surface area (Å²) in [5, 5.41) is 32.4. The molecule has 0 aliphatic rings. The fraction of sp³-hybridized carbons (Fsp3) is 0.625. The van der Waals surface area contributed by atoms with Crippen molar-refractivity contribution in [3.63, 3.8) is 0 Å². The second-order valence-corrected chi connectivity index (χ2v) is 2.64. The van der Waals surface area contributed by atoms with E-state index in [9.17, 15) is 14.4 Å². The molecule has 16 heavy (non-hydrogen) atoms. The molecule has 0 saturated carbocycles. The highest BCUT2D eigenvalue weighted by Gasteiger charge is 2.15. The lowest BCUT2D eigenvalue weighted by Crippen LogP contribution is -2.38. The quantitative estimate of drug-likeness (QED) is 0.440. The number of aliphatic carboxylic acids is 3. The van der Waals surface area contributed by atoms with Gasteiger partial charge in [0.1, 0.15) is 0 Å². The van der Waals surface area contributed by atoms with E-state index in [-0.39, 0.29) is 6.61 Å². The highest BCUT2D eigenvalue weighted by atomic mass is 16.4. The number of aliphatic hydroxyl groups is 1. The van der Waals surface area contributed by atoms with E-state index in [2.05, 4.69) is 0 Å². The van der Waals surface area contributed by atoms with Crippen molar-refractivity contribution in [3.05, 3.63) is 0 Å². The number of rotatable bonds is 6. The van der Waals surface area contributed by atoms with Gasteiger partial charge in [-0.15, -0.1) is 0 Å². The van der Waals surface area contributed by atoms with Crippen molar-refractivity contribution >= 4 is 17.9 Å². The molecule has 0 amide bonds. The molecule has 0 aliphatic carbocycles. The zero-order valence-corrected chi connectivity index (χ0v) is 8.79. The Kier molecular flexibility index (Phi) is 10.3. The Labute approximate surface area is 91.7 Å². The van der Waals surface area contributed by atoms with Gasteiger partial charge in [0.05, 0.1) is 19.6 Å². The summed E-state index contributed by atoms with van der Waals surface area (Å²) >= 11 is 0. The number of aliphatic hydroxyl groups excluding tert-OH is 1. The van der Waals surface area contributed by atoms with Gasteiger partial charge in [-0.05, 0) is 6.92 Å². The molecule has 0 aliphatic heterocycles. The summed E-state index contributed by atoms with van der Waals surface area (Å²) in [6.45, 7) is 0.135. The number of nitrogens with zero attached hydrogens (tertiary/aromatic N) is 1. The summed E-state index contributed by atoms with van der Waals surface area (Å²) < 4.78 is 0. The predicted molar refractivity (Wildman–Crippen MR) is 52.1 cm³/mol. The van der Waals surface area contributed by atoms with Crippen LogP contribution in [0.2, 0.25) is 0 Å². The predicted octanol–water partition coefficient (Wildman–Crippen LogP) is -1.46. The van der Waals surface area contributed by atoms with Gasteiger partial charge in [0.15, 0.2) is 0 Å². The maximum Gasteiger partial charge on any atom is 0.317 e. The molecule has 0 saturated heterocycles. The first-order valence-electron chi connectivity index (χ1n) is 4.32. The average molecular weight is 237 g/mol. The molecule has 0 spiro atoms. The number of hydrogen-bond acceptors (Lipinski definition) is 5. The Balaban J connectivity index is 0. The molecule has 0 aromatic carbocycles. The lowest BCUT2D eigenvalue weighted by Gasteiger charge is -2.14. The van der Waals surface area contributed by atoms with Crippen molar-refractivity contribution in [3.8, 4) is 0 Å². The zero-order valence-electron chi connectivity index (χ0n) is 8.79. The Morgan fingerprint density at radius 2 is 1.06 bits per heavy atom. The summed E-state index contributed by atoms with van der Waals surface area (Å²) in [7, 11) is 0. The number of carboxylic acids is 3. The van der Waals surface area contributed by atoms with Gasteiger partial charge < -0.3 is 20.4 Å². The standard InChI is InChI=1S/C6H9NO6.C2H6O/c8-4(9)1-7(2-5(10)11)3-6(12)13;1-2-3/h1-3H2,(H,8,9)(H,10,11)(H,12,13);3H,2H2,1H3. The van der Waals surface area contributed by atoms with Gasteiger partial charge in [-0.25, -0.2) is 0 Å². The van der Waals surface area contributed by atoms with Gasteiger partial charge in [0.25, 0.3) is 0 Å². The van der Waals surface area contributed by atoms with Crippen LogP contribution in [-0.4, -0.2) is 69.5 Å². The Hall–Kier alpha value is -1.67. The SMILES string of the molecule is CCO.O=C(O)CN(CC(=O)O)CC(=O)O. The Morgan fingerprint density at radius 1 is 0.875 bits per heavy atom. The zero-order chi connectivity index (χ0) is 13.1. The fourth-order valence-electron chi connectivity index (χ4n) is 0.742. The smallest absolute Gasteiger partial charge is 0.317 e. The minimum atomic E-state index is -1.26. The fourth-order valence-corrected chi connectivity index (χ4v) is 0.742. The third-order valence-corrected chi connectivity index (χ3v) is 1.08. The molecule has 0 bridgehead atoms. The summed E-state index contributed by atoms with van der Waals surface area (Å²) in [4.78, 5) is 31.2. The molecule has 4 N–H and O–H groups in total. The maximum atomic E-state index is 10.1. The van der Waals surface area contributed by atoms with E-state index in [1.807, 2.05) is 0 Å². The van der Waals surface area contributed by atoms with Crippen molar-refractivity contribution in [2.45, 2.75) is 6.92 Å². The van der Waals surface area contributed by atoms with Gasteiger partial charge in [0.2, 0.25) is 0 Å². The van der Waals surface area contributed by atoms with Crippen molar-refractivity contribution < 1.29 is 34.8 Å². The van der Waals surface area contributed by atoms with Gasteiger partial charge in [-0.1, -0.05) is 0 Å². The van der Waals surface area contributed by atoms with E-state index in [0.717, 1.165) is 4.90 Å². The molecule has 0 atom stereocenters. The van der Waals surface area contributed by atoms with Gasteiger partial charge in [-0.3, -0.25) is 19.3 Å². The monoisotopic (exact) mass is 237 g/mol. The minimum Gasteiger partial charge on any atom is -0.480 e. The van der Waals surface area contributed by atoms with Crippen LogP contribution in [0, 0.1) is 0 Å². The van der Waals surface area contributed by atoms with Gasteiger partial charge in [0, 0.05) is 6.61 Å². The van der Waals surface area contributed by atoms with E-state index < -0.39 is 37.5 Å². The molecular weight excluding hydrogens is 222 g/mol. The molecule has 0 fully saturated rings. The molecule has 94 valence electrons. The second kappa shape index (κ2) is 9.87. The van der Waals surface area contributed by atoms with Crippen LogP contribution in [0.1, 0.15) is 6.92 Å². The van der Waals surface area contributed by atoms with E-state index in [0.29, 0.717) is 0 Å². The van der Waals surface area contributed by atoms with Crippen molar-refractivity contribution in [2.24, 2.45) is 0 Å². The van der Waals surface area contributed by atoms with Crippen LogP contribution in [0.15, 0.2) is 0 Å². The maximum absolute atomic E-state index is 10.1. The lowest BCUT2D eigenvalue weighted by atomic mass is 10.4. The van der Waals surface area contributed by atoms with Crippen LogP contribution < -0.4 is 0 Å². The largest absolute Gasteiger partial charge is 0.480 e. The highest BCUT2D eigenvalue weighted by Crippen LogP contribution is 1.87. The molecule has 0 rings (SSSR count). The highest BCUT2D eigenvalue weighted by molar-refractivity contribution is 5.75. The van der Waals surface area contributed by atoms with Crippen molar-refractivity contribution in [1.82, 2.24) is 4.90 Å². The average Bonchev–Trinajstić information content (AvgIpc) is 2.00. The van der Waals surface area contributed by atoms with Gasteiger partial charge in [-0.2, -0.15) is 0 Å². The normalized spacial score (nSPS) is 9.19. The first-order valence-corrected chi connectivity index (χ1v) is 4.32. The summed E-state index contributed by atoms with van der Waals surface area (Å²) in [5.74, 6) is -3.78. The second-order valence-electron chi connectivity index (χ2n) is 2.64. The van der Waals surface area contributed by atoms with E-state index in [4.69, 9.17) is 20.4 Å². The molecule has 0 radical (unpaired) electrons. The van der Waals surface area contributed by atoms with Crippen LogP contribution in [0.25, 0.3) is 0 Å². The molecule has 0 aromatic rings. The van der Waals surface area contributed by atoms with Crippen LogP contribution in [0.3, 0.4) is 0 Å². The van der Waals surface area contributed by atoms with Gasteiger partial charge >= 0.3 is 17.9 Å². The van der Waals surface area contributed by atoms with Crippen LogP contribution in [-0.2, 0) is 14.4 Å². The van der Waals surface area contributed by atoms with Crippen LogP contribution >= 0.6 is 0 Å². The summed E-state index contributed by atoms with van der Waals surface area (Å²) in [6.07, 6.45) is 0. The third kappa shape index (κ3) is 14.8.